The summed E-state index contributed by atoms with van der Waals surface area (Å²) in [6.45, 7) is 5.32. The van der Waals surface area contributed by atoms with Crippen molar-refractivity contribution < 1.29 is 14.3 Å². The molecule has 0 radical (unpaired) electrons. The molecule has 3 N–H and O–H groups in total. The Labute approximate surface area is 177 Å². The van der Waals surface area contributed by atoms with Gasteiger partial charge in [0.05, 0.1) is 19.8 Å². The lowest BCUT2D eigenvalue weighted by atomic mass is 10.0. The number of likely N-dealkylation sites (N-methyl/N-ethyl adjacent to an activating group) is 1. The van der Waals surface area contributed by atoms with Gasteiger partial charge < -0.3 is 20.7 Å². The first-order chi connectivity index (χ1) is 14.6. The van der Waals surface area contributed by atoms with Gasteiger partial charge in [-0.25, -0.2) is 0 Å². The molecule has 7 heteroatoms. The number of carbonyl (C=O) groups is 2. The van der Waals surface area contributed by atoms with Crippen LogP contribution in [0.3, 0.4) is 0 Å². The number of hydrogen-bond donors (Lipinski definition) is 2. The summed E-state index contributed by atoms with van der Waals surface area (Å²) in [5, 5.41) is 2.98. The van der Waals surface area contributed by atoms with Crippen LogP contribution in [-0.2, 0) is 16.1 Å². The third-order valence-electron chi connectivity index (χ3n) is 5.24. The Hall–Kier alpha value is -2.74. The summed E-state index contributed by atoms with van der Waals surface area (Å²) in [6.07, 6.45) is 0. The Balaban J connectivity index is 1.56. The van der Waals surface area contributed by atoms with Gasteiger partial charge in [0.25, 0.3) is 5.91 Å². The van der Waals surface area contributed by atoms with Crippen LogP contribution >= 0.6 is 0 Å². The molecule has 0 unspecified atom stereocenters. The highest BCUT2D eigenvalue weighted by Crippen LogP contribution is 2.21. The maximum absolute atomic E-state index is 12.4. The zero-order valence-electron chi connectivity index (χ0n) is 17.5. The Morgan fingerprint density at radius 3 is 2.53 bits per heavy atom. The molecule has 2 aromatic rings. The second-order valence-corrected chi connectivity index (χ2v) is 7.44. The van der Waals surface area contributed by atoms with E-state index in [1.165, 1.54) is 0 Å². The quantitative estimate of drug-likeness (QED) is 0.686. The zero-order valence-corrected chi connectivity index (χ0v) is 17.5. The molecule has 1 aliphatic heterocycles. The number of nitrogens with zero attached hydrogens (tertiary/aromatic N) is 2. The molecule has 0 atom stereocenters. The Kier molecular flexibility index (Phi) is 7.96. The Morgan fingerprint density at radius 1 is 1.10 bits per heavy atom. The summed E-state index contributed by atoms with van der Waals surface area (Å²) in [5.74, 6) is -0.158. The molecule has 0 saturated carbocycles. The van der Waals surface area contributed by atoms with Gasteiger partial charge >= 0.3 is 0 Å². The van der Waals surface area contributed by atoms with Crippen molar-refractivity contribution in [1.29, 1.82) is 0 Å². The van der Waals surface area contributed by atoms with Crippen molar-refractivity contribution in [3.63, 3.8) is 0 Å². The number of benzene rings is 2. The number of nitrogens with one attached hydrogen (secondary N) is 1. The van der Waals surface area contributed by atoms with Crippen LogP contribution in [0.15, 0.2) is 48.5 Å². The van der Waals surface area contributed by atoms with Crippen LogP contribution in [-0.4, -0.2) is 74.6 Å². The number of ether oxygens (including phenoxy) is 1. The number of rotatable bonds is 8. The minimum absolute atomic E-state index is 0.00611. The van der Waals surface area contributed by atoms with Gasteiger partial charge in [-0.15, -0.1) is 0 Å². The molecule has 2 aromatic carbocycles. The largest absolute Gasteiger partial charge is 0.379 e. The Morgan fingerprint density at radius 2 is 1.83 bits per heavy atom. The summed E-state index contributed by atoms with van der Waals surface area (Å²) in [5.41, 5.74) is 9.16. The molecule has 3 rings (SSSR count). The predicted molar refractivity (Wildman–Crippen MR) is 117 cm³/mol. The number of carbonyl (C=O) groups excluding carboxylic acids is 2. The summed E-state index contributed by atoms with van der Waals surface area (Å²) >= 11 is 0. The van der Waals surface area contributed by atoms with Gasteiger partial charge in [-0.1, -0.05) is 30.3 Å². The lowest BCUT2D eigenvalue weighted by Crippen LogP contribution is -2.41. The minimum Gasteiger partial charge on any atom is -0.379 e. The van der Waals surface area contributed by atoms with Gasteiger partial charge in [-0.2, -0.15) is 0 Å². The fourth-order valence-electron chi connectivity index (χ4n) is 3.44. The molecule has 7 nitrogen and oxygen atoms in total. The SMILES string of the molecule is CN(Cc1cccc(-c2ccc(C(=O)NCCN3CCOCC3)cc2)c1)C(=O)CN. The van der Waals surface area contributed by atoms with E-state index >= 15 is 0 Å². The van der Waals surface area contributed by atoms with E-state index in [1.54, 1.807) is 11.9 Å². The lowest BCUT2D eigenvalue weighted by Gasteiger charge is -2.26. The van der Waals surface area contributed by atoms with Gasteiger partial charge in [-0.3, -0.25) is 14.5 Å². The first-order valence-electron chi connectivity index (χ1n) is 10.3. The van der Waals surface area contributed by atoms with Crippen LogP contribution in [0.5, 0.6) is 0 Å². The van der Waals surface area contributed by atoms with E-state index in [2.05, 4.69) is 16.3 Å². The monoisotopic (exact) mass is 410 g/mol. The van der Waals surface area contributed by atoms with Gasteiger partial charge in [0.1, 0.15) is 0 Å². The molecule has 160 valence electrons. The highest BCUT2D eigenvalue weighted by molar-refractivity contribution is 5.94. The standard InChI is InChI=1S/C23H30N4O3/c1-26(22(28)16-24)17-18-3-2-4-21(15-18)19-5-7-20(8-6-19)23(29)25-9-10-27-11-13-30-14-12-27/h2-8,15H,9-14,16-17,24H2,1H3,(H,25,29). The first kappa shape index (κ1) is 22.0. The molecule has 1 fully saturated rings. The van der Waals surface area contributed by atoms with Gasteiger partial charge in [0.2, 0.25) is 5.91 Å². The van der Waals surface area contributed by atoms with Crippen molar-refractivity contribution in [2.24, 2.45) is 5.73 Å². The van der Waals surface area contributed by atoms with E-state index in [0.29, 0.717) is 18.7 Å². The topological polar surface area (TPSA) is 87.9 Å². The molecule has 0 bridgehead atoms. The summed E-state index contributed by atoms with van der Waals surface area (Å²) in [4.78, 5) is 28.0. The minimum atomic E-state index is -0.0932. The maximum atomic E-state index is 12.4. The average molecular weight is 411 g/mol. The first-order valence-corrected chi connectivity index (χ1v) is 10.3. The van der Waals surface area contributed by atoms with E-state index in [1.807, 2.05) is 42.5 Å². The zero-order chi connectivity index (χ0) is 21.3. The van der Waals surface area contributed by atoms with Crippen LogP contribution < -0.4 is 11.1 Å². The average Bonchev–Trinajstić information content (AvgIpc) is 2.79. The molecule has 0 aliphatic carbocycles. The molecule has 2 amide bonds. The van der Waals surface area contributed by atoms with Crippen molar-refractivity contribution in [2.75, 3.05) is 53.0 Å². The van der Waals surface area contributed by atoms with E-state index in [0.717, 1.165) is 49.5 Å². The summed E-state index contributed by atoms with van der Waals surface area (Å²) < 4.78 is 5.33. The fourth-order valence-corrected chi connectivity index (χ4v) is 3.44. The van der Waals surface area contributed by atoms with Crippen LogP contribution in [0.2, 0.25) is 0 Å². The summed E-state index contributed by atoms with van der Waals surface area (Å²) in [6, 6.07) is 15.6. The smallest absolute Gasteiger partial charge is 0.251 e. The van der Waals surface area contributed by atoms with Crippen molar-refractivity contribution in [3.8, 4) is 11.1 Å². The molecule has 1 aliphatic rings. The van der Waals surface area contributed by atoms with Crippen LogP contribution in [0, 0.1) is 0 Å². The Bertz CT molecular complexity index is 848. The van der Waals surface area contributed by atoms with Gasteiger partial charge in [0.15, 0.2) is 0 Å². The van der Waals surface area contributed by atoms with Crippen molar-refractivity contribution >= 4 is 11.8 Å². The molecule has 0 spiro atoms. The highest BCUT2D eigenvalue weighted by Gasteiger charge is 2.11. The van der Waals surface area contributed by atoms with Crippen molar-refractivity contribution in [3.05, 3.63) is 59.7 Å². The van der Waals surface area contributed by atoms with Crippen molar-refractivity contribution in [1.82, 2.24) is 15.1 Å². The molecule has 1 saturated heterocycles. The van der Waals surface area contributed by atoms with E-state index in [9.17, 15) is 9.59 Å². The molecular formula is C23H30N4O3. The lowest BCUT2D eigenvalue weighted by molar-refractivity contribution is -0.128. The van der Waals surface area contributed by atoms with E-state index < -0.39 is 0 Å². The van der Waals surface area contributed by atoms with Crippen LogP contribution in [0.25, 0.3) is 11.1 Å². The third-order valence-corrected chi connectivity index (χ3v) is 5.24. The fraction of sp³-hybridized carbons (Fsp3) is 0.391. The predicted octanol–water partition coefficient (Wildman–Crippen LogP) is 1.33. The van der Waals surface area contributed by atoms with E-state index in [4.69, 9.17) is 10.5 Å². The molecule has 0 aromatic heterocycles. The second-order valence-electron chi connectivity index (χ2n) is 7.44. The second kappa shape index (κ2) is 10.9. The van der Waals surface area contributed by atoms with Crippen LogP contribution in [0.1, 0.15) is 15.9 Å². The van der Waals surface area contributed by atoms with E-state index in [-0.39, 0.29) is 18.4 Å². The molecular weight excluding hydrogens is 380 g/mol. The summed E-state index contributed by atoms with van der Waals surface area (Å²) in [7, 11) is 1.74. The third kappa shape index (κ3) is 6.13. The van der Waals surface area contributed by atoms with Gasteiger partial charge in [0, 0.05) is 45.3 Å². The van der Waals surface area contributed by atoms with Crippen molar-refractivity contribution in [2.45, 2.75) is 6.54 Å². The molecule has 30 heavy (non-hydrogen) atoms. The van der Waals surface area contributed by atoms with Gasteiger partial charge in [-0.05, 0) is 34.9 Å². The number of hydrogen-bond acceptors (Lipinski definition) is 5. The number of nitrogens with two attached hydrogens (primary N) is 1. The highest BCUT2D eigenvalue weighted by atomic mass is 16.5. The maximum Gasteiger partial charge on any atom is 0.251 e. The van der Waals surface area contributed by atoms with Crippen LogP contribution in [0.4, 0.5) is 0 Å². The number of amides is 2. The normalized spacial score (nSPS) is 14.3. The molecule has 1 heterocycles. The number of morpholine rings is 1.